The molecule has 2 aliphatic rings. The van der Waals surface area contributed by atoms with Crippen molar-refractivity contribution in [3.05, 3.63) is 105 Å². The van der Waals surface area contributed by atoms with Crippen molar-refractivity contribution in [1.29, 1.82) is 0 Å². The van der Waals surface area contributed by atoms with Crippen molar-refractivity contribution in [2.24, 2.45) is 0 Å². The predicted molar refractivity (Wildman–Crippen MR) is 157 cm³/mol. The summed E-state index contributed by atoms with van der Waals surface area (Å²) in [5, 5.41) is 19.9. The molecule has 0 bridgehead atoms. The molecule has 2 aromatic heterocycles. The second-order valence-electron chi connectivity index (χ2n) is 10.4. The third-order valence-electron chi connectivity index (χ3n) is 7.98. The maximum atomic E-state index is 13.9. The van der Waals surface area contributed by atoms with Crippen LogP contribution < -0.4 is 15.6 Å². The van der Waals surface area contributed by atoms with Crippen LogP contribution >= 0.6 is 0 Å². The molecule has 3 aromatic carbocycles. The Morgan fingerprint density at radius 3 is 2.46 bits per heavy atom. The van der Waals surface area contributed by atoms with Crippen LogP contribution in [-0.4, -0.2) is 48.4 Å². The SMILES string of the molecule is C=C1c2cccc3c2C(CC=C3)C(=O)N1CC(Cn1c(=C)c2cccc3cccc(c1=O)c32)Oc1nnc(C)nn1. The molecule has 0 saturated heterocycles. The van der Waals surface area contributed by atoms with Crippen LogP contribution in [0, 0.1) is 6.92 Å². The fourth-order valence-electron chi connectivity index (χ4n) is 6.08. The molecule has 41 heavy (non-hydrogen) atoms. The van der Waals surface area contributed by atoms with E-state index in [1.54, 1.807) is 16.4 Å². The van der Waals surface area contributed by atoms with Gasteiger partial charge in [-0.05, 0) is 35.9 Å². The lowest BCUT2D eigenvalue weighted by Gasteiger charge is -2.39. The zero-order valence-corrected chi connectivity index (χ0v) is 22.4. The zero-order valence-electron chi connectivity index (χ0n) is 22.4. The van der Waals surface area contributed by atoms with Gasteiger partial charge in [0.05, 0.1) is 19.0 Å². The van der Waals surface area contributed by atoms with Crippen LogP contribution in [0.3, 0.4) is 0 Å². The van der Waals surface area contributed by atoms with Gasteiger partial charge in [-0.1, -0.05) is 84.0 Å². The third-order valence-corrected chi connectivity index (χ3v) is 7.98. The number of benzene rings is 3. The molecule has 1 aliphatic carbocycles. The Morgan fingerprint density at radius 2 is 1.68 bits per heavy atom. The monoisotopic (exact) mass is 542 g/mol. The largest absolute Gasteiger partial charge is 0.454 e. The molecule has 0 radical (unpaired) electrons. The quantitative estimate of drug-likeness (QED) is 0.323. The standard InChI is InChI=1S/C32H26N6O3/c1-18-24-12-4-8-21-10-6-14-26(28(21)24)30(39)37(18)16-23(41-32-35-33-20(3)34-36-32)17-38-19(2)25-13-5-9-22-11-7-15-27(29(22)25)31(38)40/h4-14,23,27H,1-2,15-17H2,3H3. The number of allylic oxidation sites excluding steroid dienone is 1. The molecule has 3 heterocycles. The summed E-state index contributed by atoms with van der Waals surface area (Å²) in [4.78, 5) is 29.4. The summed E-state index contributed by atoms with van der Waals surface area (Å²) in [6.45, 7) is 10.5. The third kappa shape index (κ3) is 4.00. The van der Waals surface area contributed by atoms with Crippen molar-refractivity contribution in [3.8, 4) is 6.01 Å². The predicted octanol–water partition coefficient (Wildman–Crippen LogP) is 3.63. The van der Waals surface area contributed by atoms with E-state index < -0.39 is 6.10 Å². The Morgan fingerprint density at radius 1 is 0.951 bits per heavy atom. The van der Waals surface area contributed by atoms with E-state index in [2.05, 4.69) is 39.6 Å². The zero-order chi connectivity index (χ0) is 28.2. The van der Waals surface area contributed by atoms with Crippen LogP contribution in [0.15, 0.2) is 72.0 Å². The number of ether oxygens (including phenoxy) is 1. The second-order valence-corrected chi connectivity index (χ2v) is 10.4. The highest BCUT2D eigenvalue weighted by Crippen LogP contribution is 2.42. The van der Waals surface area contributed by atoms with Crippen molar-refractivity contribution in [2.45, 2.75) is 31.9 Å². The van der Waals surface area contributed by atoms with Crippen molar-refractivity contribution in [2.75, 3.05) is 6.54 Å². The second kappa shape index (κ2) is 9.48. The minimum atomic E-state index is -0.740. The van der Waals surface area contributed by atoms with Crippen LogP contribution in [0.5, 0.6) is 6.01 Å². The van der Waals surface area contributed by atoms with Gasteiger partial charge in [-0.3, -0.25) is 9.59 Å². The number of aryl methyl sites for hydroxylation is 1. The minimum absolute atomic E-state index is 0.0449. The van der Waals surface area contributed by atoms with Crippen molar-refractivity contribution >= 4 is 45.8 Å². The lowest BCUT2D eigenvalue weighted by Crippen LogP contribution is -2.47. The summed E-state index contributed by atoms with van der Waals surface area (Å²) >= 11 is 0. The number of carbonyl (C=O) groups excluding carboxylic acids is 1. The molecule has 0 spiro atoms. The van der Waals surface area contributed by atoms with E-state index in [0.717, 1.165) is 32.8 Å². The van der Waals surface area contributed by atoms with Crippen molar-refractivity contribution in [3.63, 3.8) is 0 Å². The molecule has 0 fully saturated rings. The highest BCUT2D eigenvalue weighted by atomic mass is 16.5. The van der Waals surface area contributed by atoms with Gasteiger partial charge in [-0.15, -0.1) is 10.2 Å². The molecular formula is C32H26N6O3. The smallest absolute Gasteiger partial charge is 0.355 e. The lowest BCUT2D eigenvalue weighted by molar-refractivity contribution is -0.131. The first kappa shape index (κ1) is 24.8. The number of hydrogen-bond acceptors (Lipinski definition) is 7. The number of amides is 1. The van der Waals surface area contributed by atoms with Crippen LogP contribution in [0.25, 0.3) is 39.9 Å². The van der Waals surface area contributed by atoms with Gasteiger partial charge in [0.1, 0.15) is 6.10 Å². The first-order valence-electron chi connectivity index (χ1n) is 13.4. The maximum Gasteiger partial charge on any atom is 0.355 e. The van der Waals surface area contributed by atoms with Gasteiger partial charge in [0.2, 0.25) is 5.91 Å². The fourth-order valence-corrected chi connectivity index (χ4v) is 6.08. The number of rotatable bonds is 6. The summed E-state index contributed by atoms with van der Waals surface area (Å²) < 4.78 is 7.79. The molecule has 0 N–H and O–H groups in total. The number of carbonyl (C=O) groups is 1. The molecule has 2 unspecified atom stereocenters. The summed E-state index contributed by atoms with van der Waals surface area (Å²) in [6, 6.07) is 17.5. The lowest BCUT2D eigenvalue weighted by atomic mass is 9.79. The van der Waals surface area contributed by atoms with Gasteiger partial charge in [-0.25, -0.2) is 0 Å². The summed E-state index contributed by atoms with van der Waals surface area (Å²) in [5.74, 6) is 0.0239. The Bertz CT molecular complexity index is 1950. The average Bonchev–Trinajstić information content (AvgIpc) is 2.99. The van der Waals surface area contributed by atoms with Gasteiger partial charge in [-0.2, -0.15) is 0 Å². The van der Waals surface area contributed by atoms with Crippen molar-refractivity contribution in [1.82, 2.24) is 29.9 Å². The molecule has 9 heteroatoms. The summed E-state index contributed by atoms with van der Waals surface area (Å²) in [5.41, 5.74) is 3.38. The van der Waals surface area contributed by atoms with E-state index in [4.69, 9.17) is 4.74 Å². The first-order valence-corrected chi connectivity index (χ1v) is 13.4. The summed E-state index contributed by atoms with van der Waals surface area (Å²) in [7, 11) is 0. The van der Waals surface area contributed by atoms with E-state index in [9.17, 15) is 9.59 Å². The van der Waals surface area contributed by atoms with Gasteiger partial charge in [0.15, 0.2) is 5.82 Å². The normalized spacial score (nSPS) is 16.8. The minimum Gasteiger partial charge on any atom is -0.454 e. The average molecular weight is 543 g/mol. The first-order chi connectivity index (χ1) is 19.9. The van der Waals surface area contributed by atoms with Crippen molar-refractivity contribution < 1.29 is 9.53 Å². The van der Waals surface area contributed by atoms with E-state index in [1.807, 2.05) is 60.7 Å². The number of nitrogens with zero attached hydrogens (tertiary/aromatic N) is 6. The van der Waals surface area contributed by atoms with Crippen LogP contribution in [0.2, 0.25) is 0 Å². The maximum absolute atomic E-state index is 13.9. The van der Waals surface area contributed by atoms with Gasteiger partial charge < -0.3 is 14.2 Å². The molecule has 9 nitrogen and oxygen atoms in total. The molecule has 1 amide bonds. The van der Waals surface area contributed by atoms with Crippen LogP contribution in [0.1, 0.15) is 34.9 Å². The molecule has 7 rings (SSSR count). The molecule has 1 aliphatic heterocycles. The Hall–Kier alpha value is -5.18. The molecular weight excluding hydrogens is 516 g/mol. The topological polar surface area (TPSA) is 103 Å². The Balaban J connectivity index is 1.31. The fraction of sp³-hybridized carbons (Fsp3) is 0.188. The summed E-state index contributed by atoms with van der Waals surface area (Å²) in [6.07, 6.45) is 3.95. The Kier molecular flexibility index (Phi) is 5.74. The van der Waals surface area contributed by atoms with E-state index in [1.165, 1.54) is 0 Å². The Labute approximate surface area is 235 Å². The number of hydrogen-bond donors (Lipinski definition) is 0. The van der Waals surface area contributed by atoms with E-state index in [0.29, 0.717) is 28.7 Å². The molecule has 202 valence electrons. The highest BCUT2D eigenvalue weighted by molar-refractivity contribution is 6.09. The van der Waals surface area contributed by atoms with Gasteiger partial charge in [0.25, 0.3) is 5.56 Å². The highest BCUT2D eigenvalue weighted by Gasteiger charge is 2.38. The molecule has 2 atom stereocenters. The number of aromatic nitrogens is 5. The molecule has 0 saturated carbocycles. The van der Waals surface area contributed by atoms with E-state index in [-0.39, 0.29) is 36.5 Å². The molecule has 5 aromatic rings. The van der Waals surface area contributed by atoms with E-state index >= 15 is 0 Å². The van der Waals surface area contributed by atoms with Gasteiger partial charge >= 0.3 is 6.01 Å². The van der Waals surface area contributed by atoms with Gasteiger partial charge in [0, 0.05) is 32.8 Å². The van der Waals surface area contributed by atoms with Crippen LogP contribution in [0.4, 0.5) is 0 Å². The number of pyridine rings is 1. The van der Waals surface area contributed by atoms with Crippen LogP contribution in [-0.2, 0) is 11.3 Å².